The van der Waals surface area contributed by atoms with Crippen molar-refractivity contribution in [1.29, 1.82) is 0 Å². The van der Waals surface area contributed by atoms with Crippen molar-refractivity contribution in [2.45, 2.75) is 20.0 Å². The molecule has 1 unspecified atom stereocenters. The molecule has 5 aromatic rings. The Bertz CT molecular complexity index is 1670. The van der Waals surface area contributed by atoms with Gasteiger partial charge in [0.05, 0.1) is 28.7 Å². The number of hydrogen-bond donors (Lipinski definition) is 1. The molecule has 0 spiro atoms. The summed E-state index contributed by atoms with van der Waals surface area (Å²) in [7, 11) is 1.73. The first-order valence-electron chi connectivity index (χ1n) is 11.6. The molecule has 5 rings (SSSR count). The average molecular weight is 497 g/mol. The van der Waals surface area contributed by atoms with Crippen LogP contribution in [0.3, 0.4) is 0 Å². The third kappa shape index (κ3) is 4.42. The highest BCUT2D eigenvalue weighted by Crippen LogP contribution is 2.26. The first-order chi connectivity index (χ1) is 17.8. The third-order valence-electron chi connectivity index (χ3n) is 6.17. The number of esters is 1. The number of amides is 1. The van der Waals surface area contributed by atoms with Gasteiger partial charge in [0.15, 0.2) is 11.9 Å². The zero-order valence-corrected chi connectivity index (χ0v) is 20.5. The molecule has 0 aliphatic heterocycles. The van der Waals surface area contributed by atoms with E-state index >= 15 is 0 Å². The fourth-order valence-electron chi connectivity index (χ4n) is 4.11. The van der Waals surface area contributed by atoms with Crippen LogP contribution < -0.4 is 10.9 Å². The van der Waals surface area contributed by atoms with Gasteiger partial charge in [-0.15, -0.1) is 0 Å². The monoisotopic (exact) mass is 496 g/mol. The van der Waals surface area contributed by atoms with E-state index in [-0.39, 0.29) is 16.8 Å². The molecule has 0 fully saturated rings. The van der Waals surface area contributed by atoms with Gasteiger partial charge in [-0.1, -0.05) is 36.4 Å². The van der Waals surface area contributed by atoms with Crippen LogP contribution in [0, 0.1) is 6.92 Å². The van der Waals surface area contributed by atoms with Crippen LogP contribution in [0.5, 0.6) is 0 Å². The van der Waals surface area contributed by atoms with Gasteiger partial charge in [-0.05, 0) is 50.2 Å². The van der Waals surface area contributed by atoms with Crippen LogP contribution in [-0.2, 0) is 16.6 Å². The Balaban J connectivity index is 1.40. The highest BCUT2D eigenvalue weighted by atomic mass is 16.5. The molecule has 37 heavy (non-hydrogen) atoms. The predicted molar refractivity (Wildman–Crippen MR) is 139 cm³/mol. The number of rotatable bonds is 6. The van der Waals surface area contributed by atoms with Crippen LogP contribution in [0.15, 0.2) is 88.3 Å². The largest absolute Gasteiger partial charge is 0.463 e. The minimum absolute atomic E-state index is 0.119. The summed E-state index contributed by atoms with van der Waals surface area (Å²) in [6.07, 6.45) is 0.351. The summed E-state index contributed by atoms with van der Waals surface area (Å²) in [5.74, 6) is -0.815. The molecule has 0 saturated carbocycles. The smallest absolute Gasteiger partial charge is 0.339 e. The van der Waals surface area contributed by atoms with E-state index in [4.69, 9.17) is 9.15 Å². The summed E-state index contributed by atoms with van der Waals surface area (Å²) in [4.78, 5) is 43.9. The zero-order valence-electron chi connectivity index (χ0n) is 20.5. The molecule has 1 atom stereocenters. The molecule has 186 valence electrons. The van der Waals surface area contributed by atoms with Gasteiger partial charge in [-0.2, -0.15) is 0 Å². The number of carbonyl (C=O) groups is 2. The standard InChI is InChI=1S/C28H24N4O5/c1-17-25(27(34)32(31(17)3)19-10-5-4-6-11-19)30-26(33)18(2)37-28(35)21-16-23(24-14-9-15-36-24)29-22-13-8-7-12-20(21)22/h4-16,18H,1-3H3,(H,30,33). The number of anilines is 1. The maximum atomic E-state index is 13.2. The van der Waals surface area contributed by atoms with Crippen LogP contribution in [0.2, 0.25) is 0 Å². The van der Waals surface area contributed by atoms with E-state index in [1.165, 1.54) is 17.9 Å². The highest BCUT2D eigenvalue weighted by Gasteiger charge is 2.25. The van der Waals surface area contributed by atoms with E-state index in [0.717, 1.165) is 0 Å². The zero-order chi connectivity index (χ0) is 26.1. The lowest BCUT2D eigenvalue weighted by molar-refractivity contribution is -0.123. The molecule has 3 heterocycles. The quantitative estimate of drug-likeness (QED) is 0.347. The fourth-order valence-corrected chi connectivity index (χ4v) is 4.11. The number of para-hydroxylation sites is 2. The highest BCUT2D eigenvalue weighted by molar-refractivity contribution is 6.06. The van der Waals surface area contributed by atoms with Crippen molar-refractivity contribution in [2.24, 2.45) is 7.05 Å². The van der Waals surface area contributed by atoms with Gasteiger partial charge in [-0.3, -0.25) is 14.3 Å². The summed E-state index contributed by atoms with van der Waals surface area (Å²) in [6, 6.07) is 21.3. The number of ether oxygens (including phenoxy) is 1. The van der Waals surface area contributed by atoms with E-state index in [1.807, 2.05) is 24.3 Å². The predicted octanol–water partition coefficient (Wildman–Crippen LogP) is 4.48. The minimum atomic E-state index is -1.17. The number of benzene rings is 2. The van der Waals surface area contributed by atoms with Crippen molar-refractivity contribution >= 4 is 28.5 Å². The summed E-state index contributed by atoms with van der Waals surface area (Å²) in [5, 5.41) is 3.22. The number of furan rings is 1. The van der Waals surface area contributed by atoms with Crippen LogP contribution in [0.1, 0.15) is 23.0 Å². The minimum Gasteiger partial charge on any atom is -0.463 e. The molecule has 9 heteroatoms. The number of fused-ring (bicyclic) bond motifs is 1. The SMILES string of the molecule is Cc1c(NC(=O)C(C)OC(=O)c2cc(-c3ccco3)nc3ccccc23)c(=O)n(-c2ccccc2)n1C. The third-order valence-corrected chi connectivity index (χ3v) is 6.17. The van der Waals surface area contributed by atoms with Gasteiger partial charge in [0.2, 0.25) is 0 Å². The number of carbonyl (C=O) groups excluding carboxylic acids is 2. The number of nitrogens with one attached hydrogen (secondary N) is 1. The van der Waals surface area contributed by atoms with Gasteiger partial charge in [0.25, 0.3) is 11.5 Å². The van der Waals surface area contributed by atoms with Gasteiger partial charge < -0.3 is 14.5 Å². The normalized spacial score (nSPS) is 11.9. The lowest BCUT2D eigenvalue weighted by atomic mass is 10.1. The maximum Gasteiger partial charge on any atom is 0.339 e. The Kier molecular flexibility index (Phi) is 6.19. The van der Waals surface area contributed by atoms with Gasteiger partial charge in [0.1, 0.15) is 11.4 Å². The molecule has 3 aromatic heterocycles. The molecular weight excluding hydrogens is 472 g/mol. The Morgan fingerprint density at radius 1 is 1.03 bits per heavy atom. The van der Waals surface area contributed by atoms with E-state index < -0.39 is 18.0 Å². The van der Waals surface area contributed by atoms with Gasteiger partial charge in [-0.25, -0.2) is 14.5 Å². The average Bonchev–Trinajstić information content (AvgIpc) is 3.52. The Labute approximate surface area is 211 Å². The Hall–Kier alpha value is -4.92. The van der Waals surface area contributed by atoms with Crippen LogP contribution >= 0.6 is 0 Å². The van der Waals surface area contributed by atoms with E-state index in [9.17, 15) is 14.4 Å². The molecule has 1 amide bonds. The molecular formula is C28H24N4O5. The number of nitrogens with zero attached hydrogens (tertiary/aromatic N) is 3. The van der Waals surface area contributed by atoms with Crippen molar-refractivity contribution in [3.63, 3.8) is 0 Å². The summed E-state index contributed by atoms with van der Waals surface area (Å²) in [6.45, 7) is 3.18. The van der Waals surface area contributed by atoms with Gasteiger partial charge in [0, 0.05) is 12.4 Å². The summed E-state index contributed by atoms with van der Waals surface area (Å²) >= 11 is 0. The first kappa shape index (κ1) is 23.8. The Morgan fingerprint density at radius 2 is 1.76 bits per heavy atom. The summed E-state index contributed by atoms with van der Waals surface area (Å²) < 4.78 is 14.1. The molecule has 0 aliphatic rings. The van der Waals surface area contributed by atoms with Crippen molar-refractivity contribution in [1.82, 2.24) is 14.3 Å². The van der Waals surface area contributed by atoms with Crippen molar-refractivity contribution in [2.75, 3.05) is 5.32 Å². The van der Waals surface area contributed by atoms with Gasteiger partial charge >= 0.3 is 5.97 Å². The Morgan fingerprint density at radius 3 is 2.49 bits per heavy atom. The summed E-state index contributed by atoms with van der Waals surface area (Å²) in [5.41, 5.74) is 2.25. The maximum absolute atomic E-state index is 13.2. The molecule has 0 bridgehead atoms. The molecule has 9 nitrogen and oxygen atoms in total. The topological polar surface area (TPSA) is 108 Å². The van der Waals surface area contributed by atoms with Crippen LogP contribution in [-0.4, -0.2) is 32.3 Å². The molecule has 0 saturated heterocycles. The molecule has 0 radical (unpaired) electrons. The number of aromatic nitrogens is 3. The lowest BCUT2D eigenvalue weighted by Gasteiger charge is -2.14. The number of pyridine rings is 1. The second-order valence-corrected chi connectivity index (χ2v) is 8.52. The second kappa shape index (κ2) is 9.62. The van der Waals surface area contributed by atoms with Crippen LogP contribution in [0.25, 0.3) is 28.0 Å². The second-order valence-electron chi connectivity index (χ2n) is 8.52. The van der Waals surface area contributed by atoms with E-state index in [1.54, 1.807) is 67.2 Å². The molecule has 0 aliphatic carbocycles. The van der Waals surface area contributed by atoms with E-state index in [2.05, 4.69) is 10.3 Å². The van der Waals surface area contributed by atoms with E-state index in [0.29, 0.717) is 33.7 Å². The van der Waals surface area contributed by atoms with Crippen molar-refractivity contribution in [3.8, 4) is 17.1 Å². The van der Waals surface area contributed by atoms with Crippen LogP contribution in [0.4, 0.5) is 5.69 Å². The first-order valence-corrected chi connectivity index (χ1v) is 11.6. The lowest BCUT2D eigenvalue weighted by Crippen LogP contribution is -2.32. The molecule has 2 aromatic carbocycles. The number of hydrogen-bond acceptors (Lipinski definition) is 6. The van der Waals surface area contributed by atoms with Crippen molar-refractivity contribution < 1.29 is 18.7 Å². The fraction of sp³-hybridized carbons (Fsp3) is 0.143. The van der Waals surface area contributed by atoms with Crippen molar-refractivity contribution in [3.05, 3.63) is 101 Å². The molecule has 1 N–H and O–H groups in total.